The first-order chi connectivity index (χ1) is 12.4. The first-order valence-electron chi connectivity index (χ1n) is 8.26. The molecule has 26 heavy (non-hydrogen) atoms. The monoisotopic (exact) mass is 378 g/mol. The van der Waals surface area contributed by atoms with Crippen LogP contribution < -0.4 is 14.4 Å². The number of hydrogen-bond donors (Lipinski definition) is 1. The van der Waals surface area contributed by atoms with Crippen LogP contribution in [0.1, 0.15) is 19.8 Å². The lowest BCUT2D eigenvalue weighted by Gasteiger charge is -2.17. The van der Waals surface area contributed by atoms with Crippen LogP contribution in [-0.4, -0.2) is 27.5 Å². The molecular formula is C18H19FN2O4S. The van der Waals surface area contributed by atoms with E-state index < -0.39 is 15.8 Å². The summed E-state index contributed by atoms with van der Waals surface area (Å²) < 4.78 is 46.5. The van der Waals surface area contributed by atoms with E-state index in [-0.39, 0.29) is 23.2 Å². The van der Waals surface area contributed by atoms with Gasteiger partial charge in [0.2, 0.25) is 5.91 Å². The summed E-state index contributed by atoms with van der Waals surface area (Å²) in [6.45, 7) is 2.60. The Morgan fingerprint density at radius 2 is 2.04 bits per heavy atom. The van der Waals surface area contributed by atoms with Gasteiger partial charge in [-0.15, -0.1) is 0 Å². The first-order valence-corrected chi connectivity index (χ1v) is 9.74. The van der Waals surface area contributed by atoms with Gasteiger partial charge >= 0.3 is 0 Å². The van der Waals surface area contributed by atoms with Crippen molar-refractivity contribution in [3.8, 4) is 5.75 Å². The molecule has 0 atom stereocenters. The van der Waals surface area contributed by atoms with E-state index in [1.807, 2.05) is 0 Å². The Labute approximate surface area is 151 Å². The molecule has 0 bridgehead atoms. The summed E-state index contributed by atoms with van der Waals surface area (Å²) in [5.74, 6) is -0.731. The lowest BCUT2D eigenvalue weighted by molar-refractivity contribution is -0.117. The molecule has 0 saturated carbocycles. The highest BCUT2D eigenvalue weighted by molar-refractivity contribution is 7.92. The summed E-state index contributed by atoms with van der Waals surface area (Å²) in [6.07, 6.45) is 1.27. The molecule has 138 valence electrons. The minimum absolute atomic E-state index is 0.000920. The quantitative estimate of drug-likeness (QED) is 0.838. The highest BCUT2D eigenvalue weighted by atomic mass is 32.2. The Hall–Kier alpha value is -2.61. The highest BCUT2D eigenvalue weighted by Crippen LogP contribution is 2.27. The number of hydrogen-bond acceptors (Lipinski definition) is 4. The van der Waals surface area contributed by atoms with Crippen LogP contribution in [0.2, 0.25) is 0 Å². The van der Waals surface area contributed by atoms with Crippen molar-refractivity contribution >= 4 is 27.3 Å². The van der Waals surface area contributed by atoms with Gasteiger partial charge in [0.1, 0.15) is 0 Å². The third-order valence-corrected chi connectivity index (χ3v) is 5.38. The van der Waals surface area contributed by atoms with Crippen LogP contribution in [0.5, 0.6) is 5.75 Å². The fourth-order valence-corrected chi connectivity index (χ4v) is 3.85. The Kier molecular flexibility index (Phi) is 5.13. The van der Waals surface area contributed by atoms with Gasteiger partial charge in [-0.25, -0.2) is 12.8 Å². The van der Waals surface area contributed by atoms with Gasteiger partial charge in [0.15, 0.2) is 11.6 Å². The number of sulfonamides is 1. The molecule has 1 aliphatic heterocycles. The van der Waals surface area contributed by atoms with Crippen molar-refractivity contribution in [2.24, 2.45) is 0 Å². The van der Waals surface area contributed by atoms with E-state index in [4.69, 9.17) is 4.74 Å². The number of halogens is 1. The SMILES string of the molecule is CCOc1ccc(S(=O)(=O)Nc2cccc(N3CCCC3=O)c2)cc1F. The number of rotatable bonds is 6. The molecule has 1 heterocycles. The molecule has 3 rings (SSSR count). The molecule has 2 aromatic carbocycles. The van der Waals surface area contributed by atoms with E-state index >= 15 is 0 Å². The number of nitrogens with zero attached hydrogens (tertiary/aromatic N) is 1. The molecule has 8 heteroatoms. The molecule has 1 aliphatic rings. The van der Waals surface area contributed by atoms with Gasteiger partial charge in [-0.05, 0) is 49.7 Å². The van der Waals surface area contributed by atoms with Crippen molar-refractivity contribution in [3.05, 3.63) is 48.3 Å². The molecule has 1 amide bonds. The second-order valence-corrected chi connectivity index (χ2v) is 7.51. The normalized spacial score (nSPS) is 14.5. The van der Waals surface area contributed by atoms with E-state index in [2.05, 4.69) is 4.72 Å². The van der Waals surface area contributed by atoms with Crippen molar-refractivity contribution in [1.82, 2.24) is 0 Å². The number of ether oxygens (including phenoxy) is 1. The maximum absolute atomic E-state index is 14.0. The summed E-state index contributed by atoms with van der Waals surface area (Å²) in [4.78, 5) is 13.3. The fraction of sp³-hybridized carbons (Fsp3) is 0.278. The molecular weight excluding hydrogens is 359 g/mol. The van der Waals surface area contributed by atoms with Crippen LogP contribution in [-0.2, 0) is 14.8 Å². The van der Waals surface area contributed by atoms with Gasteiger partial charge in [-0.1, -0.05) is 6.07 Å². The Morgan fingerprint density at radius 1 is 1.23 bits per heavy atom. The van der Waals surface area contributed by atoms with Crippen molar-refractivity contribution < 1.29 is 22.3 Å². The molecule has 0 spiro atoms. The molecule has 1 saturated heterocycles. The number of anilines is 2. The standard InChI is InChI=1S/C18H19FN2O4S/c1-2-25-17-9-8-15(12-16(17)19)26(23,24)20-13-5-3-6-14(11-13)21-10-4-7-18(21)22/h3,5-6,8-9,11-12,20H,2,4,7,10H2,1H3. The second-order valence-electron chi connectivity index (χ2n) is 5.83. The average molecular weight is 378 g/mol. The lowest BCUT2D eigenvalue weighted by atomic mass is 10.2. The van der Waals surface area contributed by atoms with E-state index in [1.54, 1.807) is 36.1 Å². The van der Waals surface area contributed by atoms with E-state index in [0.717, 1.165) is 12.5 Å². The van der Waals surface area contributed by atoms with E-state index in [1.165, 1.54) is 12.1 Å². The Morgan fingerprint density at radius 3 is 2.69 bits per heavy atom. The summed E-state index contributed by atoms with van der Waals surface area (Å²) >= 11 is 0. The minimum atomic E-state index is -3.97. The molecule has 1 N–H and O–H groups in total. The Bertz CT molecular complexity index is 931. The number of nitrogens with one attached hydrogen (secondary N) is 1. The lowest BCUT2D eigenvalue weighted by Crippen LogP contribution is -2.23. The largest absolute Gasteiger partial charge is 0.491 e. The van der Waals surface area contributed by atoms with Gasteiger partial charge in [0.05, 0.1) is 17.2 Å². The molecule has 2 aromatic rings. The van der Waals surface area contributed by atoms with Gasteiger partial charge in [0.25, 0.3) is 10.0 Å². The van der Waals surface area contributed by atoms with Crippen LogP contribution >= 0.6 is 0 Å². The van der Waals surface area contributed by atoms with Crippen molar-refractivity contribution in [1.29, 1.82) is 0 Å². The summed E-state index contributed by atoms with van der Waals surface area (Å²) in [7, 11) is -3.97. The predicted octanol–water partition coefficient (Wildman–Crippen LogP) is 3.15. The van der Waals surface area contributed by atoms with Gasteiger partial charge in [0, 0.05) is 18.7 Å². The van der Waals surface area contributed by atoms with Crippen molar-refractivity contribution in [2.45, 2.75) is 24.7 Å². The van der Waals surface area contributed by atoms with Crippen LogP contribution in [0.15, 0.2) is 47.4 Å². The number of benzene rings is 2. The van der Waals surface area contributed by atoms with Crippen LogP contribution in [0.3, 0.4) is 0 Å². The van der Waals surface area contributed by atoms with E-state index in [9.17, 15) is 17.6 Å². The zero-order valence-corrected chi connectivity index (χ0v) is 15.1. The van der Waals surface area contributed by atoms with Gasteiger partial charge in [-0.3, -0.25) is 9.52 Å². The van der Waals surface area contributed by atoms with Crippen molar-refractivity contribution in [2.75, 3.05) is 22.8 Å². The van der Waals surface area contributed by atoms with Gasteiger partial charge < -0.3 is 9.64 Å². The smallest absolute Gasteiger partial charge is 0.262 e. The average Bonchev–Trinajstić information content (AvgIpc) is 3.02. The Balaban J connectivity index is 1.83. The minimum Gasteiger partial charge on any atom is -0.491 e. The summed E-state index contributed by atoms with van der Waals surface area (Å²) in [6, 6.07) is 10.1. The van der Waals surface area contributed by atoms with Crippen LogP contribution in [0, 0.1) is 5.82 Å². The third-order valence-electron chi connectivity index (χ3n) is 4.00. The molecule has 0 aliphatic carbocycles. The third kappa shape index (κ3) is 3.80. The van der Waals surface area contributed by atoms with Crippen molar-refractivity contribution in [3.63, 3.8) is 0 Å². The molecule has 0 aromatic heterocycles. The van der Waals surface area contributed by atoms with E-state index in [0.29, 0.717) is 24.3 Å². The molecule has 6 nitrogen and oxygen atoms in total. The van der Waals surface area contributed by atoms with Crippen LogP contribution in [0.25, 0.3) is 0 Å². The molecule has 1 fully saturated rings. The number of carbonyl (C=O) groups is 1. The number of amides is 1. The first kappa shape index (κ1) is 18.2. The number of carbonyl (C=O) groups excluding carboxylic acids is 1. The van der Waals surface area contributed by atoms with Crippen LogP contribution in [0.4, 0.5) is 15.8 Å². The molecule has 0 unspecified atom stereocenters. The summed E-state index contributed by atoms with van der Waals surface area (Å²) in [5, 5.41) is 0. The molecule has 0 radical (unpaired) electrons. The maximum atomic E-state index is 14.0. The predicted molar refractivity (Wildman–Crippen MR) is 96.4 cm³/mol. The zero-order valence-electron chi connectivity index (χ0n) is 14.2. The topological polar surface area (TPSA) is 75.7 Å². The maximum Gasteiger partial charge on any atom is 0.262 e. The fourth-order valence-electron chi connectivity index (χ4n) is 2.79. The highest BCUT2D eigenvalue weighted by Gasteiger charge is 2.22. The zero-order chi connectivity index (χ0) is 18.7. The summed E-state index contributed by atoms with van der Waals surface area (Å²) in [5.41, 5.74) is 0.932. The van der Waals surface area contributed by atoms with Gasteiger partial charge in [-0.2, -0.15) is 0 Å². The second kappa shape index (κ2) is 7.33.